The summed E-state index contributed by atoms with van der Waals surface area (Å²) >= 11 is 0. The highest BCUT2D eigenvalue weighted by molar-refractivity contribution is 5.67. The van der Waals surface area contributed by atoms with Crippen LogP contribution in [0.25, 0.3) is 0 Å². The van der Waals surface area contributed by atoms with Crippen LogP contribution in [0.3, 0.4) is 0 Å². The standard InChI is InChI=1S/C12H24N2O2/c1-3-13(4-2)7-8-14-6-5-11(10-14)9-12(15)16/h11H,3-10H2,1-2H3,(H,15,16). The van der Waals surface area contributed by atoms with Gasteiger partial charge in [-0.1, -0.05) is 13.8 Å². The second kappa shape index (κ2) is 6.86. The highest BCUT2D eigenvalue weighted by Crippen LogP contribution is 2.18. The highest BCUT2D eigenvalue weighted by atomic mass is 16.4. The third-order valence-corrected chi connectivity index (χ3v) is 3.46. The quantitative estimate of drug-likeness (QED) is 0.709. The number of carbonyl (C=O) groups is 1. The van der Waals surface area contributed by atoms with Crippen LogP contribution in [-0.2, 0) is 4.79 Å². The van der Waals surface area contributed by atoms with E-state index in [9.17, 15) is 4.79 Å². The van der Waals surface area contributed by atoms with Crippen LogP contribution in [0.15, 0.2) is 0 Å². The van der Waals surface area contributed by atoms with Gasteiger partial charge in [0.15, 0.2) is 0 Å². The molecule has 0 amide bonds. The molecule has 1 rings (SSSR count). The van der Waals surface area contributed by atoms with Crippen molar-refractivity contribution < 1.29 is 9.90 Å². The molecule has 1 fully saturated rings. The Hall–Kier alpha value is -0.610. The lowest BCUT2D eigenvalue weighted by Gasteiger charge is -2.22. The Morgan fingerprint density at radius 3 is 2.69 bits per heavy atom. The molecule has 1 atom stereocenters. The Morgan fingerprint density at radius 1 is 1.44 bits per heavy atom. The zero-order chi connectivity index (χ0) is 12.0. The SMILES string of the molecule is CCN(CC)CCN1CCC(CC(=O)O)C1. The Balaban J connectivity index is 2.18. The molecule has 1 aliphatic rings. The van der Waals surface area contributed by atoms with Crippen molar-refractivity contribution in [3.63, 3.8) is 0 Å². The average molecular weight is 228 g/mol. The van der Waals surface area contributed by atoms with Gasteiger partial charge in [-0.05, 0) is 32.0 Å². The first-order valence-corrected chi connectivity index (χ1v) is 6.32. The van der Waals surface area contributed by atoms with E-state index in [1.165, 1.54) is 0 Å². The topological polar surface area (TPSA) is 43.8 Å². The molecule has 1 saturated heterocycles. The maximum atomic E-state index is 10.6. The van der Waals surface area contributed by atoms with Gasteiger partial charge in [0.1, 0.15) is 0 Å². The number of aliphatic carboxylic acids is 1. The molecule has 0 radical (unpaired) electrons. The van der Waals surface area contributed by atoms with Crippen LogP contribution in [-0.4, -0.2) is 60.1 Å². The number of carboxylic acids is 1. The molecule has 4 nitrogen and oxygen atoms in total. The molecule has 1 heterocycles. The van der Waals surface area contributed by atoms with E-state index < -0.39 is 5.97 Å². The van der Waals surface area contributed by atoms with Gasteiger partial charge < -0.3 is 14.9 Å². The van der Waals surface area contributed by atoms with Crippen LogP contribution in [0.2, 0.25) is 0 Å². The summed E-state index contributed by atoms with van der Waals surface area (Å²) in [5.74, 6) is -0.287. The van der Waals surface area contributed by atoms with Crippen LogP contribution >= 0.6 is 0 Å². The first-order chi connectivity index (χ1) is 7.65. The maximum absolute atomic E-state index is 10.6. The lowest BCUT2D eigenvalue weighted by Crippen LogP contribution is -2.34. The summed E-state index contributed by atoms with van der Waals surface area (Å²) in [6.45, 7) is 10.8. The number of nitrogens with zero attached hydrogens (tertiary/aromatic N) is 2. The minimum absolute atomic E-state index is 0.335. The lowest BCUT2D eigenvalue weighted by atomic mass is 10.1. The number of likely N-dealkylation sites (N-methyl/N-ethyl adjacent to an activating group) is 1. The first-order valence-electron chi connectivity index (χ1n) is 6.32. The minimum Gasteiger partial charge on any atom is -0.481 e. The molecule has 1 aliphatic heterocycles. The lowest BCUT2D eigenvalue weighted by molar-refractivity contribution is -0.138. The molecule has 94 valence electrons. The van der Waals surface area contributed by atoms with E-state index in [0.29, 0.717) is 12.3 Å². The Morgan fingerprint density at radius 2 is 2.12 bits per heavy atom. The molecule has 0 spiro atoms. The van der Waals surface area contributed by atoms with Gasteiger partial charge in [0.25, 0.3) is 0 Å². The summed E-state index contributed by atoms with van der Waals surface area (Å²) in [6.07, 6.45) is 1.38. The molecule has 1 unspecified atom stereocenters. The molecule has 16 heavy (non-hydrogen) atoms. The maximum Gasteiger partial charge on any atom is 0.303 e. The fourth-order valence-corrected chi connectivity index (χ4v) is 2.35. The van der Waals surface area contributed by atoms with Crippen molar-refractivity contribution in [2.24, 2.45) is 5.92 Å². The number of rotatable bonds is 7. The molecule has 0 aliphatic carbocycles. The van der Waals surface area contributed by atoms with Gasteiger partial charge in [0, 0.05) is 26.1 Å². The van der Waals surface area contributed by atoms with Gasteiger partial charge in [-0.3, -0.25) is 4.79 Å². The van der Waals surface area contributed by atoms with Crippen LogP contribution in [0.5, 0.6) is 0 Å². The van der Waals surface area contributed by atoms with Crippen LogP contribution in [0.1, 0.15) is 26.7 Å². The summed E-state index contributed by atoms with van der Waals surface area (Å²) in [5, 5.41) is 8.73. The molecule has 4 heteroatoms. The molecule has 0 bridgehead atoms. The van der Waals surface area contributed by atoms with Crippen molar-refractivity contribution in [2.45, 2.75) is 26.7 Å². The van der Waals surface area contributed by atoms with E-state index >= 15 is 0 Å². The molecule has 0 saturated carbocycles. The van der Waals surface area contributed by atoms with E-state index in [2.05, 4.69) is 23.6 Å². The molecule has 0 aromatic carbocycles. The zero-order valence-electron chi connectivity index (χ0n) is 10.5. The first kappa shape index (κ1) is 13.5. The number of carboxylic acid groups (broad SMARTS) is 1. The van der Waals surface area contributed by atoms with Crippen molar-refractivity contribution >= 4 is 5.97 Å². The largest absolute Gasteiger partial charge is 0.481 e. The number of hydrogen-bond donors (Lipinski definition) is 1. The average Bonchev–Trinajstić information content (AvgIpc) is 2.66. The smallest absolute Gasteiger partial charge is 0.303 e. The van der Waals surface area contributed by atoms with Crippen LogP contribution < -0.4 is 0 Å². The fraction of sp³-hybridized carbons (Fsp3) is 0.917. The van der Waals surface area contributed by atoms with Gasteiger partial charge >= 0.3 is 5.97 Å². The normalized spacial score (nSPS) is 21.8. The molecule has 0 aromatic rings. The predicted octanol–water partition coefficient (Wildman–Crippen LogP) is 1.12. The number of hydrogen-bond acceptors (Lipinski definition) is 3. The van der Waals surface area contributed by atoms with E-state index in [-0.39, 0.29) is 0 Å². The summed E-state index contributed by atoms with van der Waals surface area (Å²) in [5.41, 5.74) is 0. The van der Waals surface area contributed by atoms with Gasteiger partial charge in [-0.2, -0.15) is 0 Å². The Kier molecular flexibility index (Phi) is 5.77. The van der Waals surface area contributed by atoms with Gasteiger partial charge in [-0.15, -0.1) is 0 Å². The fourth-order valence-electron chi connectivity index (χ4n) is 2.35. The zero-order valence-corrected chi connectivity index (χ0v) is 10.5. The van der Waals surface area contributed by atoms with Crippen molar-refractivity contribution in [1.82, 2.24) is 9.80 Å². The van der Waals surface area contributed by atoms with E-state index in [1.807, 2.05) is 0 Å². The summed E-state index contributed by atoms with van der Waals surface area (Å²) in [4.78, 5) is 15.4. The van der Waals surface area contributed by atoms with E-state index in [4.69, 9.17) is 5.11 Å². The summed E-state index contributed by atoms with van der Waals surface area (Å²) < 4.78 is 0. The van der Waals surface area contributed by atoms with Crippen molar-refractivity contribution in [3.05, 3.63) is 0 Å². The third kappa shape index (κ3) is 4.49. The van der Waals surface area contributed by atoms with Crippen molar-refractivity contribution in [2.75, 3.05) is 39.3 Å². The molecule has 0 aromatic heterocycles. The third-order valence-electron chi connectivity index (χ3n) is 3.46. The van der Waals surface area contributed by atoms with E-state index in [1.54, 1.807) is 0 Å². The van der Waals surface area contributed by atoms with Crippen LogP contribution in [0.4, 0.5) is 0 Å². The second-order valence-corrected chi connectivity index (χ2v) is 4.58. The minimum atomic E-state index is -0.657. The highest BCUT2D eigenvalue weighted by Gasteiger charge is 2.24. The summed E-state index contributed by atoms with van der Waals surface area (Å²) in [7, 11) is 0. The second-order valence-electron chi connectivity index (χ2n) is 4.58. The van der Waals surface area contributed by atoms with E-state index in [0.717, 1.165) is 45.7 Å². The van der Waals surface area contributed by atoms with Crippen molar-refractivity contribution in [3.8, 4) is 0 Å². The molecular weight excluding hydrogens is 204 g/mol. The Labute approximate surface area is 98.2 Å². The van der Waals surface area contributed by atoms with Gasteiger partial charge in [0.05, 0.1) is 0 Å². The van der Waals surface area contributed by atoms with Gasteiger partial charge in [-0.25, -0.2) is 0 Å². The summed E-state index contributed by atoms with van der Waals surface area (Å²) in [6, 6.07) is 0. The van der Waals surface area contributed by atoms with Gasteiger partial charge in [0.2, 0.25) is 0 Å². The predicted molar refractivity (Wildman–Crippen MR) is 64.6 cm³/mol. The Bertz CT molecular complexity index is 217. The molecule has 1 N–H and O–H groups in total. The molecular formula is C12H24N2O2. The van der Waals surface area contributed by atoms with Crippen molar-refractivity contribution in [1.29, 1.82) is 0 Å². The van der Waals surface area contributed by atoms with Crippen LogP contribution in [0, 0.1) is 5.92 Å². The number of likely N-dealkylation sites (tertiary alicyclic amines) is 1. The monoisotopic (exact) mass is 228 g/mol.